The lowest BCUT2D eigenvalue weighted by atomic mass is 10.3. The highest BCUT2D eigenvalue weighted by Gasteiger charge is 2.07. The third-order valence-corrected chi connectivity index (χ3v) is 2.22. The number of H-pyrrole nitrogens is 1. The number of aromatic amines is 1. The van der Waals surface area contributed by atoms with Gasteiger partial charge < -0.3 is 10.7 Å². The maximum Gasteiger partial charge on any atom is 0.124 e. The first kappa shape index (κ1) is 8.53. The van der Waals surface area contributed by atoms with E-state index in [-0.39, 0.29) is 6.04 Å². The van der Waals surface area contributed by atoms with Crippen LogP contribution in [0.15, 0.2) is 18.2 Å². The standard InChI is InChI=1S/C9H10ClN3/c1-5(11)9-12-7-4-2-3-6(10)8(7)13-9/h2-5H,11H2,1H3,(H,12,13)/t5-/m1/s1. The molecule has 0 saturated heterocycles. The number of hydrogen-bond donors (Lipinski definition) is 2. The Morgan fingerprint density at radius 3 is 2.92 bits per heavy atom. The molecule has 1 aromatic carbocycles. The summed E-state index contributed by atoms with van der Waals surface area (Å²) in [5.74, 6) is 0.767. The normalized spacial score (nSPS) is 13.5. The zero-order valence-electron chi connectivity index (χ0n) is 7.21. The van der Waals surface area contributed by atoms with E-state index in [9.17, 15) is 0 Å². The summed E-state index contributed by atoms with van der Waals surface area (Å²) in [6.07, 6.45) is 0. The van der Waals surface area contributed by atoms with Crippen molar-refractivity contribution in [2.24, 2.45) is 5.73 Å². The average molecular weight is 196 g/mol. The van der Waals surface area contributed by atoms with Crippen molar-refractivity contribution in [3.63, 3.8) is 0 Å². The van der Waals surface area contributed by atoms with Gasteiger partial charge in [-0.15, -0.1) is 0 Å². The molecule has 2 aromatic rings. The number of rotatable bonds is 1. The average Bonchev–Trinajstić information content (AvgIpc) is 2.49. The first-order valence-electron chi connectivity index (χ1n) is 4.08. The molecule has 3 N–H and O–H groups in total. The molecule has 0 saturated carbocycles. The molecule has 1 aromatic heterocycles. The third kappa shape index (κ3) is 1.41. The Bertz CT molecular complexity index is 433. The lowest BCUT2D eigenvalue weighted by Crippen LogP contribution is -2.06. The highest BCUT2D eigenvalue weighted by molar-refractivity contribution is 6.34. The van der Waals surface area contributed by atoms with Gasteiger partial charge >= 0.3 is 0 Å². The summed E-state index contributed by atoms with van der Waals surface area (Å²) in [5, 5.41) is 0.653. The fourth-order valence-electron chi connectivity index (χ4n) is 1.23. The first-order chi connectivity index (χ1) is 6.18. The van der Waals surface area contributed by atoms with Crippen LogP contribution >= 0.6 is 11.6 Å². The molecule has 0 bridgehead atoms. The molecular formula is C9H10ClN3. The van der Waals surface area contributed by atoms with Crippen LogP contribution in [-0.4, -0.2) is 9.97 Å². The first-order valence-corrected chi connectivity index (χ1v) is 4.46. The molecule has 4 heteroatoms. The quantitative estimate of drug-likeness (QED) is 0.733. The molecule has 0 aliphatic rings. The molecule has 1 heterocycles. The Labute approximate surface area is 80.9 Å². The molecule has 0 aliphatic carbocycles. The summed E-state index contributed by atoms with van der Waals surface area (Å²) < 4.78 is 0. The lowest BCUT2D eigenvalue weighted by Gasteiger charge is -1.96. The summed E-state index contributed by atoms with van der Waals surface area (Å²) in [6, 6.07) is 5.53. The van der Waals surface area contributed by atoms with Crippen molar-refractivity contribution in [2.45, 2.75) is 13.0 Å². The van der Waals surface area contributed by atoms with Crippen LogP contribution in [-0.2, 0) is 0 Å². The molecule has 0 aliphatic heterocycles. The predicted octanol–water partition coefficient (Wildman–Crippen LogP) is 2.24. The number of nitrogens with zero attached hydrogens (tertiary/aromatic N) is 1. The second-order valence-electron chi connectivity index (χ2n) is 3.05. The number of benzene rings is 1. The van der Waals surface area contributed by atoms with Crippen molar-refractivity contribution in [1.29, 1.82) is 0 Å². The number of nitrogens with one attached hydrogen (secondary N) is 1. The van der Waals surface area contributed by atoms with Gasteiger partial charge in [-0.25, -0.2) is 4.98 Å². The minimum absolute atomic E-state index is 0.0940. The van der Waals surface area contributed by atoms with Gasteiger partial charge in [0.1, 0.15) is 11.3 Å². The number of halogens is 1. The number of nitrogens with two attached hydrogens (primary N) is 1. The van der Waals surface area contributed by atoms with Gasteiger partial charge in [0.15, 0.2) is 0 Å². The van der Waals surface area contributed by atoms with Crippen LogP contribution in [0.1, 0.15) is 18.8 Å². The fraction of sp³-hybridized carbons (Fsp3) is 0.222. The summed E-state index contributed by atoms with van der Waals surface area (Å²) in [5.41, 5.74) is 7.41. The van der Waals surface area contributed by atoms with Gasteiger partial charge in [0.2, 0.25) is 0 Å². The molecule has 13 heavy (non-hydrogen) atoms. The topological polar surface area (TPSA) is 54.7 Å². The van der Waals surface area contributed by atoms with Gasteiger partial charge in [0.25, 0.3) is 0 Å². The van der Waals surface area contributed by atoms with Crippen molar-refractivity contribution in [3.8, 4) is 0 Å². The maximum absolute atomic E-state index is 5.95. The largest absolute Gasteiger partial charge is 0.341 e. The van der Waals surface area contributed by atoms with Crippen molar-refractivity contribution in [1.82, 2.24) is 9.97 Å². The van der Waals surface area contributed by atoms with E-state index >= 15 is 0 Å². The van der Waals surface area contributed by atoms with Crippen LogP contribution in [0.3, 0.4) is 0 Å². The zero-order valence-corrected chi connectivity index (χ0v) is 7.97. The van der Waals surface area contributed by atoms with Crippen molar-refractivity contribution >= 4 is 22.6 Å². The number of fused-ring (bicyclic) bond motifs is 1. The van der Waals surface area contributed by atoms with E-state index in [1.165, 1.54) is 0 Å². The highest BCUT2D eigenvalue weighted by Crippen LogP contribution is 2.22. The van der Waals surface area contributed by atoms with Crippen LogP contribution in [0.4, 0.5) is 0 Å². The van der Waals surface area contributed by atoms with Gasteiger partial charge in [-0.3, -0.25) is 0 Å². The lowest BCUT2D eigenvalue weighted by molar-refractivity contribution is 0.760. The second kappa shape index (κ2) is 3.01. The van der Waals surface area contributed by atoms with Gasteiger partial charge in [-0.2, -0.15) is 0 Å². The molecule has 0 spiro atoms. The molecule has 0 amide bonds. The Kier molecular flexibility index (Phi) is 1.98. The second-order valence-corrected chi connectivity index (χ2v) is 3.45. The minimum atomic E-state index is -0.0940. The highest BCUT2D eigenvalue weighted by atomic mass is 35.5. The fourth-order valence-corrected chi connectivity index (χ4v) is 1.45. The van der Waals surface area contributed by atoms with E-state index in [0.717, 1.165) is 16.9 Å². The van der Waals surface area contributed by atoms with Gasteiger partial charge in [-0.05, 0) is 19.1 Å². The summed E-state index contributed by atoms with van der Waals surface area (Å²) in [7, 11) is 0. The summed E-state index contributed by atoms with van der Waals surface area (Å²) >= 11 is 5.95. The smallest absolute Gasteiger partial charge is 0.124 e. The van der Waals surface area contributed by atoms with Crippen LogP contribution in [0.25, 0.3) is 11.0 Å². The van der Waals surface area contributed by atoms with Crippen molar-refractivity contribution < 1.29 is 0 Å². The van der Waals surface area contributed by atoms with Crippen LogP contribution < -0.4 is 5.73 Å². The SMILES string of the molecule is C[C@@H](N)c1nc2c(Cl)cccc2[nH]1. The van der Waals surface area contributed by atoms with Crippen molar-refractivity contribution in [2.75, 3.05) is 0 Å². The Balaban J connectivity index is 2.68. The van der Waals surface area contributed by atoms with E-state index < -0.39 is 0 Å². The Hall–Kier alpha value is -1.06. The number of hydrogen-bond acceptors (Lipinski definition) is 2. The van der Waals surface area contributed by atoms with Gasteiger partial charge in [0, 0.05) is 0 Å². The molecule has 0 fully saturated rings. The van der Waals surface area contributed by atoms with E-state index in [2.05, 4.69) is 9.97 Å². The molecule has 2 rings (SSSR count). The molecule has 1 atom stereocenters. The summed E-state index contributed by atoms with van der Waals surface area (Å²) in [6.45, 7) is 1.88. The minimum Gasteiger partial charge on any atom is -0.341 e. The van der Waals surface area contributed by atoms with E-state index in [1.54, 1.807) is 0 Å². The number of imidazole rings is 1. The van der Waals surface area contributed by atoms with Gasteiger partial charge in [0.05, 0.1) is 16.6 Å². The van der Waals surface area contributed by atoms with E-state index in [0.29, 0.717) is 5.02 Å². The van der Waals surface area contributed by atoms with E-state index in [4.69, 9.17) is 17.3 Å². The summed E-state index contributed by atoms with van der Waals surface area (Å²) in [4.78, 5) is 7.41. The van der Waals surface area contributed by atoms with Crippen molar-refractivity contribution in [3.05, 3.63) is 29.0 Å². The van der Waals surface area contributed by atoms with E-state index in [1.807, 2.05) is 25.1 Å². The van der Waals surface area contributed by atoms with Crippen LogP contribution in [0, 0.1) is 0 Å². The Morgan fingerprint density at radius 2 is 2.31 bits per heavy atom. The monoisotopic (exact) mass is 195 g/mol. The Morgan fingerprint density at radius 1 is 1.54 bits per heavy atom. The molecule has 0 unspecified atom stereocenters. The molecule has 3 nitrogen and oxygen atoms in total. The van der Waals surface area contributed by atoms with Crippen LogP contribution in [0.2, 0.25) is 5.02 Å². The molecule has 0 radical (unpaired) electrons. The maximum atomic E-state index is 5.95. The van der Waals surface area contributed by atoms with Gasteiger partial charge in [-0.1, -0.05) is 17.7 Å². The molecular weight excluding hydrogens is 186 g/mol. The van der Waals surface area contributed by atoms with Crippen LogP contribution in [0.5, 0.6) is 0 Å². The number of para-hydroxylation sites is 1. The predicted molar refractivity (Wildman–Crippen MR) is 53.7 cm³/mol. The zero-order chi connectivity index (χ0) is 9.42. The number of aromatic nitrogens is 2. The molecule has 68 valence electrons. The third-order valence-electron chi connectivity index (χ3n) is 1.91.